The van der Waals surface area contributed by atoms with Crippen molar-refractivity contribution in [1.82, 2.24) is 4.90 Å². The Morgan fingerprint density at radius 2 is 2.19 bits per heavy atom. The topological polar surface area (TPSA) is 15.3 Å². The van der Waals surface area contributed by atoms with Crippen LogP contribution < -0.4 is 5.32 Å². The molecule has 0 aliphatic carbocycles. The van der Waals surface area contributed by atoms with Crippen molar-refractivity contribution in [3.05, 3.63) is 29.6 Å². The second-order valence-corrected chi connectivity index (χ2v) is 4.80. The van der Waals surface area contributed by atoms with Gasteiger partial charge in [0.1, 0.15) is 5.82 Å². The molecular weight excluding hydrogens is 203 g/mol. The minimum absolute atomic E-state index is 0.151. The Morgan fingerprint density at radius 1 is 1.44 bits per heavy atom. The van der Waals surface area contributed by atoms with Crippen LogP contribution in [0, 0.1) is 12.7 Å². The van der Waals surface area contributed by atoms with Crippen LogP contribution in [0.5, 0.6) is 0 Å². The van der Waals surface area contributed by atoms with E-state index in [2.05, 4.69) is 24.2 Å². The van der Waals surface area contributed by atoms with E-state index in [-0.39, 0.29) is 5.82 Å². The zero-order valence-electron chi connectivity index (χ0n) is 10.1. The number of nitrogens with zero attached hydrogens (tertiary/aromatic N) is 1. The summed E-state index contributed by atoms with van der Waals surface area (Å²) < 4.78 is 13.6. The Bertz CT molecular complexity index is 348. The molecule has 1 saturated heterocycles. The number of halogens is 1. The van der Waals surface area contributed by atoms with Crippen LogP contribution in [0.1, 0.15) is 18.9 Å². The molecule has 16 heavy (non-hydrogen) atoms. The molecule has 2 nitrogen and oxygen atoms in total. The van der Waals surface area contributed by atoms with E-state index in [0.29, 0.717) is 17.8 Å². The van der Waals surface area contributed by atoms with Crippen molar-refractivity contribution in [3.8, 4) is 0 Å². The predicted molar refractivity (Wildman–Crippen MR) is 65.3 cm³/mol. The fraction of sp³-hybridized carbons (Fsp3) is 0.538. The average Bonchev–Trinajstić information content (AvgIpc) is 2.53. The molecule has 1 N–H and O–H groups in total. The normalized spacial score (nSPS) is 26.0. The van der Waals surface area contributed by atoms with Crippen molar-refractivity contribution >= 4 is 5.69 Å². The largest absolute Gasteiger partial charge is 0.378 e. The molecule has 0 bridgehead atoms. The molecule has 0 spiro atoms. The smallest absolute Gasteiger partial charge is 0.146 e. The fourth-order valence-electron chi connectivity index (χ4n) is 2.32. The molecule has 1 aliphatic heterocycles. The van der Waals surface area contributed by atoms with E-state index in [4.69, 9.17) is 0 Å². The van der Waals surface area contributed by atoms with Crippen LogP contribution in [0.2, 0.25) is 0 Å². The van der Waals surface area contributed by atoms with Gasteiger partial charge in [-0.05, 0) is 38.9 Å². The molecular formula is C13H19FN2. The van der Waals surface area contributed by atoms with Gasteiger partial charge in [0.2, 0.25) is 0 Å². The number of rotatable bonds is 2. The summed E-state index contributed by atoms with van der Waals surface area (Å²) in [4.78, 5) is 2.30. The van der Waals surface area contributed by atoms with Crippen LogP contribution in [0.15, 0.2) is 18.2 Å². The van der Waals surface area contributed by atoms with Gasteiger partial charge < -0.3 is 10.2 Å². The van der Waals surface area contributed by atoms with Gasteiger partial charge in [-0.2, -0.15) is 0 Å². The van der Waals surface area contributed by atoms with Crippen LogP contribution in [0.25, 0.3) is 0 Å². The summed E-state index contributed by atoms with van der Waals surface area (Å²) in [6, 6.07) is 6.13. The summed E-state index contributed by atoms with van der Waals surface area (Å²) in [7, 11) is 2.11. The van der Waals surface area contributed by atoms with Gasteiger partial charge in [0.05, 0.1) is 5.69 Å². The van der Waals surface area contributed by atoms with Gasteiger partial charge in [0.15, 0.2) is 0 Å². The third-order valence-electron chi connectivity index (χ3n) is 3.46. The molecule has 0 aromatic heterocycles. The summed E-state index contributed by atoms with van der Waals surface area (Å²) in [5.41, 5.74) is 1.64. The van der Waals surface area contributed by atoms with Gasteiger partial charge in [-0.3, -0.25) is 0 Å². The third kappa shape index (κ3) is 2.19. The van der Waals surface area contributed by atoms with Crippen molar-refractivity contribution in [1.29, 1.82) is 0 Å². The SMILES string of the molecule is Cc1cccc(F)c1NC1CC(C)N(C)C1. The molecule has 0 amide bonds. The highest BCUT2D eigenvalue weighted by molar-refractivity contribution is 5.52. The standard InChI is InChI=1S/C13H19FN2/c1-9-5-4-6-12(14)13(9)15-11-7-10(2)16(3)8-11/h4-6,10-11,15H,7-8H2,1-3H3. The fourth-order valence-corrected chi connectivity index (χ4v) is 2.32. The summed E-state index contributed by atoms with van der Waals surface area (Å²) in [5, 5.41) is 3.32. The number of hydrogen-bond donors (Lipinski definition) is 1. The van der Waals surface area contributed by atoms with E-state index in [1.807, 2.05) is 13.0 Å². The number of aryl methyl sites for hydroxylation is 1. The Hall–Kier alpha value is -1.09. The molecule has 1 aromatic rings. The van der Waals surface area contributed by atoms with Gasteiger partial charge in [-0.15, -0.1) is 0 Å². The molecule has 1 heterocycles. The summed E-state index contributed by atoms with van der Waals surface area (Å²) >= 11 is 0. The quantitative estimate of drug-likeness (QED) is 0.827. The molecule has 1 fully saturated rings. The maximum absolute atomic E-state index is 13.6. The van der Waals surface area contributed by atoms with Crippen molar-refractivity contribution in [3.63, 3.8) is 0 Å². The Kier molecular flexibility index (Phi) is 3.15. The van der Waals surface area contributed by atoms with Crippen LogP contribution in [-0.4, -0.2) is 30.6 Å². The van der Waals surface area contributed by atoms with Crippen LogP contribution in [0.3, 0.4) is 0 Å². The van der Waals surface area contributed by atoms with Crippen molar-refractivity contribution in [2.75, 3.05) is 18.9 Å². The number of para-hydroxylation sites is 1. The zero-order valence-corrected chi connectivity index (χ0v) is 10.1. The summed E-state index contributed by atoms with van der Waals surface area (Å²) in [6.45, 7) is 5.12. The van der Waals surface area contributed by atoms with Gasteiger partial charge in [-0.1, -0.05) is 12.1 Å². The highest BCUT2D eigenvalue weighted by Crippen LogP contribution is 2.24. The second-order valence-electron chi connectivity index (χ2n) is 4.80. The molecule has 2 unspecified atom stereocenters. The predicted octanol–water partition coefficient (Wildman–Crippen LogP) is 2.64. The molecule has 2 rings (SSSR count). The number of anilines is 1. The van der Waals surface area contributed by atoms with Crippen LogP contribution in [-0.2, 0) is 0 Å². The lowest BCUT2D eigenvalue weighted by molar-refractivity contribution is 0.330. The number of nitrogens with one attached hydrogen (secondary N) is 1. The summed E-state index contributed by atoms with van der Waals surface area (Å²) in [6.07, 6.45) is 1.07. The average molecular weight is 222 g/mol. The Labute approximate surface area is 96.5 Å². The van der Waals surface area contributed by atoms with Crippen molar-refractivity contribution in [2.24, 2.45) is 0 Å². The molecule has 88 valence electrons. The molecule has 2 atom stereocenters. The van der Waals surface area contributed by atoms with Gasteiger partial charge >= 0.3 is 0 Å². The van der Waals surface area contributed by atoms with E-state index in [1.54, 1.807) is 6.07 Å². The lowest BCUT2D eigenvalue weighted by Gasteiger charge is -2.16. The maximum Gasteiger partial charge on any atom is 0.146 e. The van der Waals surface area contributed by atoms with Gasteiger partial charge in [0, 0.05) is 18.6 Å². The van der Waals surface area contributed by atoms with Gasteiger partial charge in [0.25, 0.3) is 0 Å². The first-order valence-corrected chi connectivity index (χ1v) is 5.80. The first-order valence-electron chi connectivity index (χ1n) is 5.80. The number of likely N-dealkylation sites (tertiary alicyclic amines) is 1. The van der Waals surface area contributed by atoms with E-state index < -0.39 is 0 Å². The molecule has 0 radical (unpaired) electrons. The monoisotopic (exact) mass is 222 g/mol. The van der Waals surface area contributed by atoms with E-state index >= 15 is 0 Å². The van der Waals surface area contributed by atoms with Crippen molar-refractivity contribution in [2.45, 2.75) is 32.4 Å². The lowest BCUT2D eigenvalue weighted by atomic mass is 10.1. The first-order chi connectivity index (χ1) is 7.58. The lowest BCUT2D eigenvalue weighted by Crippen LogP contribution is -2.25. The van der Waals surface area contributed by atoms with E-state index in [9.17, 15) is 4.39 Å². The number of benzene rings is 1. The van der Waals surface area contributed by atoms with Crippen LogP contribution in [0.4, 0.5) is 10.1 Å². The Morgan fingerprint density at radius 3 is 2.75 bits per heavy atom. The molecule has 0 saturated carbocycles. The maximum atomic E-state index is 13.6. The molecule has 1 aliphatic rings. The Balaban J connectivity index is 2.10. The van der Waals surface area contributed by atoms with Crippen LogP contribution >= 0.6 is 0 Å². The zero-order chi connectivity index (χ0) is 11.7. The van der Waals surface area contributed by atoms with E-state index in [1.165, 1.54) is 6.07 Å². The van der Waals surface area contributed by atoms with Crippen molar-refractivity contribution < 1.29 is 4.39 Å². The minimum atomic E-state index is -0.151. The van der Waals surface area contributed by atoms with Gasteiger partial charge in [-0.25, -0.2) is 4.39 Å². The number of likely N-dealkylation sites (N-methyl/N-ethyl adjacent to an activating group) is 1. The summed E-state index contributed by atoms with van der Waals surface area (Å²) in [5.74, 6) is -0.151. The minimum Gasteiger partial charge on any atom is -0.378 e. The van der Waals surface area contributed by atoms with E-state index in [0.717, 1.165) is 18.5 Å². The second kappa shape index (κ2) is 4.42. The molecule has 1 aromatic carbocycles. The highest BCUT2D eigenvalue weighted by atomic mass is 19.1. The third-order valence-corrected chi connectivity index (χ3v) is 3.46. The first kappa shape index (κ1) is 11.4. The number of hydrogen-bond acceptors (Lipinski definition) is 2. The molecule has 3 heteroatoms. The highest BCUT2D eigenvalue weighted by Gasteiger charge is 2.26.